The maximum absolute atomic E-state index is 12.9. The van der Waals surface area contributed by atoms with Crippen molar-refractivity contribution in [1.29, 1.82) is 0 Å². The van der Waals surface area contributed by atoms with Crippen LogP contribution in [0.15, 0.2) is 48.8 Å². The first-order chi connectivity index (χ1) is 13.1. The molecule has 1 aliphatic heterocycles. The summed E-state index contributed by atoms with van der Waals surface area (Å²) in [5.74, 6) is 0.988. The number of fused-ring (bicyclic) bond motifs is 1. The third-order valence-electron chi connectivity index (χ3n) is 5.05. The second-order valence-corrected chi connectivity index (χ2v) is 7.13. The second kappa shape index (κ2) is 9.96. The van der Waals surface area contributed by atoms with Crippen LogP contribution in [0.5, 0.6) is 5.75 Å². The number of ether oxygens (including phenoxy) is 1. The van der Waals surface area contributed by atoms with Crippen molar-refractivity contribution in [2.45, 2.75) is 20.0 Å². The molecule has 1 fully saturated rings. The van der Waals surface area contributed by atoms with E-state index in [1.165, 1.54) is 5.56 Å². The Bertz CT molecular complexity index is 976. The fourth-order valence-electron chi connectivity index (χ4n) is 3.53. The third-order valence-corrected chi connectivity index (χ3v) is 5.05. The summed E-state index contributed by atoms with van der Waals surface area (Å²) in [4.78, 5) is 19.3. The molecule has 6 nitrogen and oxygen atoms in total. The Morgan fingerprint density at radius 3 is 2.76 bits per heavy atom. The smallest absolute Gasteiger partial charge is 0.257 e. The van der Waals surface area contributed by atoms with Crippen LogP contribution in [-0.2, 0) is 6.61 Å². The van der Waals surface area contributed by atoms with Gasteiger partial charge in [0.15, 0.2) is 0 Å². The molecule has 156 valence electrons. The molecule has 8 heteroatoms. The molecule has 1 amide bonds. The van der Waals surface area contributed by atoms with E-state index >= 15 is 0 Å². The molecule has 1 atom stereocenters. The van der Waals surface area contributed by atoms with Crippen LogP contribution < -0.4 is 10.5 Å². The van der Waals surface area contributed by atoms with Gasteiger partial charge in [0.05, 0.1) is 11.3 Å². The van der Waals surface area contributed by atoms with E-state index in [0.29, 0.717) is 30.4 Å². The molecule has 3 heterocycles. The van der Waals surface area contributed by atoms with E-state index in [-0.39, 0.29) is 30.7 Å². The summed E-state index contributed by atoms with van der Waals surface area (Å²) >= 11 is 0. The molecule has 3 aromatic rings. The summed E-state index contributed by atoms with van der Waals surface area (Å²) in [5.41, 5.74) is 9.22. The van der Waals surface area contributed by atoms with Crippen molar-refractivity contribution >= 4 is 36.4 Å². The molecule has 0 saturated carbocycles. The van der Waals surface area contributed by atoms with Crippen molar-refractivity contribution in [3.63, 3.8) is 0 Å². The number of imidazole rings is 1. The van der Waals surface area contributed by atoms with E-state index in [9.17, 15) is 4.79 Å². The lowest BCUT2D eigenvalue weighted by atomic mass is 10.1. The van der Waals surface area contributed by atoms with E-state index in [0.717, 1.165) is 30.9 Å². The van der Waals surface area contributed by atoms with E-state index in [2.05, 4.69) is 4.98 Å². The number of amides is 1. The zero-order valence-corrected chi connectivity index (χ0v) is 17.9. The third kappa shape index (κ3) is 5.01. The van der Waals surface area contributed by atoms with Gasteiger partial charge in [-0.2, -0.15) is 0 Å². The predicted octanol–water partition coefficient (Wildman–Crippen LogP) is 3.49. The minimum atomic E-state index is 0. The highest BCUT2D eigenvalue weighted by molar-refractivity contribution is 5.97. The zero-order chi connectivity index (χ0) is 18.8. The monoisotopic (exact) mass is 436 g/mol. The van der Waals surface area contributed by atoms with Crippen molar-refractivity contribution in [3.8, 4) is 5.75 Å². The SMILES string of the molecule is Cc1ccc2nc(COc3ccccc3C(=O)N3CCC(CN)C3)cn2c1.Cl.Cl. The van der Waals surface area contributed by atoms with Gasteiger partial charge in [0.1, 0.15) is 18.0 Å². The number of likely N-dealkylation sites (tertiary alicyclic amines) is 1. The summed E-state index contributed by atoms with van der Waals surface area (Å²) < 4.78 is 7.96. The van der Waals surface area contributed by atoms with Crippen LogP contribution in [0.25, 0.3) is 5.65 Å². The minimum Gasteiger partial charge on any atom is -0.486 e. The number of rotatable bonds is 5. The Kier molecular flexibility index (Phi) is 7.90. The van der Waals surface area contributed by atoms with Gasteiger partial charge < -0.3 is 19.8 Å². The van der Waals surface area contributed by atoms with E-state index in [1.807, 2.05) is 65.0 Å². The second-order valence-electron chi connectivity index (χ2n) is 7.13. The molecule has 1 saturated heterocycles. The molecular weight excluding hydrogens is 411 g/mol. The predicted molar refractivity (Wildman–Crippen MR) is 118 cm³/mol. The van der Waals surface area contributed by atoms with Gasteiger partial charge in [-0.05, 0) is 49.6 Å². The van der Waals surface area contributed by atoms with Gasteiger partial charge in [0.25, 0.3) is 5.91 Å². The largest absolute Gasteiger partial charge is 0.486 e. The molecular formula is C21H26Cl2N4O2. The molecule has 1 aromatic carbocycles. The first kappa shape index (κ1) is 23.0. The Morgan fingerprint density at radius 1 is 1.21 bits per heavy atom. The molecule has 2 aromatic heterocycles. The van der Waals surface area contributed by atoms with Gasteiger partial charge in [-0.3, -0.25) is 4.79 Å². The number of nitrogens with zero attached hydrogens (tertiary/aromatic N) is 3. The summed E-state index contributed by atoms with van der Waals surface area (Å²) in [6.45, 7) is 4.45. The maximum atomic E-state index is 12.9. The zero-order valence-electron chi connectivity index (χ0n) is 16.3. The number of nitrogens with two attached hydrogens (primary N) is 1. The van der Waals surface area contributed by atoms with Crippen LogP contribution >= 0.6 is 24.8 Å². The number of halogens is 2. The van der Waals surface area contributed by atoms with Gasteiger partial charge in [-0.15, -0.1) is 24.8 Å². The Hall–Kier alpha value is -2.28. The van der Waals surface area contributed by atoms with Crippen molar-refractivity contribution < 1.29 is 9.53 Å². The van der Waals surface area contributed by atoms with Crippen LogP contribution in [-0.4, -0.2) is 39.8 Å². The van der Waals surface area contributed by atoms with Crippen molar-refractivity contribution in [3.05, 3.63) is 65.6 Å². The summed E-state index contributed by atoms with van der Waals surface area (Å²) in [5, 5.41) is 0. The number of pyridine rings is 1. The highest BCUT2D eigenvalue weighted by atomic mass is 35.5. The van der Waals surface area contributed by atoms with Crippen molar-refractivity contribution in [2.75, 3.05) is 19.6 Å². The lowest BCUT2D eigenvalue weighted by molar-refractivity contribution is 0.0782. The van der Waals surface area contributed by atoms with E-state index in [1.54, 1.807) is 0 Å². The highest BCUT2D eigenvalue weighted by Gasteiger charge is 2.27. The summed E-state index contributed by atoms with van der Waals surface area (Å²) in [6, 6.07) is 11.4. The molecule has 0 radical (unpaired) electrons. The lowest BCUT2D eigenvalue weighted by Crippen LogP contribution is -2.30. The minimum absolute atomic E-state index is 0. The Balaban J connectivity index is 0.00000150. The molecule has 0 spiro atoms. The Labute approximate surface area is 182 Å². The van der Waals surface area contributed by atoms with Crippen molar-refractivity contribution in [1.82, 2.24) is 14.3 Å². The molecule has 4 rings (SSSR count). The van der Waals surface area contributed by atoms with Crippen LogP contribution in [0.2, 0.25) is 0 Å². The number of aromatic nitrogens is 2. The van der Waals surface area contributed by atoms with E-state index in [4.69, 9.17) is 10.5 Å². The molecule has 2 N–H and O–H groups in total. The number of carbonyl (C=O) groups excluding carboxylic acids is 1. The number of carbonyl (C=O) groups is 1. The molecule has 1 aliphatic rings. The van der Waals surface area contributed by atoms with Crippen LogP contribution in [0.1, 0.15) is 28.0 Å². The van der Waals surface area contributed by atoms with Gasteiger partial charge in [0.2, 0.25) is 0 Å². The number of hydrogen-bond acceptors (Lipinski definition) is 4. The lowest BCUT2D eigenvalue weighted by Gasteiger charge is -2.18. The fourth-order valence-corrected chi connectivity index (χ4v) is 3.53. The fraction of sp³-hybridized carbons (Fsp3) is 0.333. The summed E-state index contributed by atoms with van der Waals surface area (Å²) in [7, 11) is 0. The van der Waals surface area contributed by atoms with Gasteiger partial charge >= 0.3 is 0 Å². The van der Waals surface area contributed by atoms with E-state index < -0.39 is 0 Å². The molecule has 0 aliphatic carbocycles. The molecule has 0 bridgehead atoms. The average molecular weight is 437 g/mol. The van der Waals surface area contributed by atoms with Gasteiger partial charge in [0, 0.05) is 25.5 Å². The first-order valence-electron chi connectivity index (χ1n) is 9.29. The topological polar surface area (TPSA) is 72.9 Å². The standard InChI is InChI=1S/C21H24N4O2.2ClH/c1-15-6-7-20-23-17(13-25(20)11-15)14-27-19-5-3-2-4-18(19)21(26)24-9-8-16(10-22)12-24;;/h2-7,11,13,16H,8-10,12,14,22H2,1H3;2*1H. The van der Waals surface area contributed by atoms with Crippen LogP contribution in [0.4, 0.5) is 0 Å². The van der Waals surface area contributed by atoms with Crippen LogP contribution in [0.3, 0.4) is 0 Å². The van der Waals surface area contributed by atoms with Crippen LogP contribution in [0, 0.1) is 12.8 Å². The molecule has 29 heavy (non-hydrogen) atoms. The number of benzene rings is 1. The summed E-state index contributed by atoms with van der Waals surface area (Å²) in [6.07, 6.45) is 4.95. The number of aryl methyl sites for hydroxylation is 1. The Morgan fingerprint density at radius 2 is 2.00 bits per heavy atom. The number of hydrogen-bond donors (Lipinski definition) is 1. The molecule has 1 unspecified atom stereocenters. The number of para-hydroxylation sites is 1. The quantitative estimate of drug-likeness (QED) is 0.664. The van der Waals surface area contributed by atoms with Crippen molar-refractivity contribution in [2.24, 2.45) is 11.7 Å². The first-order valence-corrected chi connectivity index (χ1v) is 9.29. The van der Waals surface area contributed by atoms with Gasteiger partial charge in [-0.1, -0.05) is 18.2 Å². The maximum Gasteiger partial charge on any atom is 0.257 e. The van der Waals surface area contributed by atoms with Gasteiger partial charge in [-0.25, -0.2) is 4.98 Å². The highest BCUT2D eigenvalue weighted by Crippen LogP contribution is 2.24. The average Bonchev–Trinajstić information content (AvgIpc) is 3.32. The normalized spacial score (nSPS) is 15.7.